The lowest BCUT2D eigenvalue weighted by Gasteiger charge is -2.13. The fraction of sp³-hybridized carbons (Fsp3) is 0.200. The van der Waals surface area contributed by atoms with Crippen LogP contribution in [0.1, 0.15) is 12.8 Å². The monoisotopic (exact) mass is 272 g/mol. The molecule has 0 heterocycles. The predicted octanol–water partition coefficient (Wildman–Crippen LogP) is 2.48. The highest BCUT2D eigenvalue weighted by Gasteiger charge is 2.15. The van der Waals surface area contributed by atoms with Gasteiger partial charge in [-0.15, -0.1) is 0 Å². The lowest BCUT2D eigenvalue weighted by atomic mass is 10.2. The Bertz CT molecular complexity index is 495. The first-order valence-corrected chi connectivity index (χ1v) is 5.27. The Kier molecular flexibility index (Phi) is 4.67. The Hall–Kier alpha value is -2.09. The van der Waals surface area contributed by atoms with E-state index in [1.54, 1.807) is 0 Å². The maximum absolute atomic E-state index is 13.7. The van der Waals surface area contributed by atoms with E-state index < -0.39 is 10.9 Å². The van der Waals surface area contributed by atoms with Gasteiger partial charge < -0.3 is 5.11 Å². The molecule has 0 atom stereocenters. The van der Waals surface area contributed by atoms with Gasteiger partial charge in [0.15, 0.2) is 0 Å². The molecule has 0 fully saturated rings. The smallest absolute Gasteiger partial charge is 0.303 e. The van der Waals surface area contributed by atoms with E-state index in [1.165, 1.54) is 18.2 Å². The van der Waals surface area contributed by atoms with Crippen molar-refractivity contribution < 1.29 is 19.3 Å². The Morgan fingerprint density at radius 3 is 2.72 bits per heavy atom. The van der Waals surface area contributed by atoms with Crippen LogP contribution < -0.4 is 5.12 Å². The van der Waals surface area contributed by atoms with Gasteiger partial charge >= 0.3 is 5.97 Å². The summed E-state index contributed by atoms with van der Waals surface area (Å²) in [5, 5.41) is 19.0. The van der Waals surface area contributed by atoms with Crippen molar-refractivity contribution in [3.05, 3.63) is 34.4 Å². The average Bonchev–Trinajstić information content (AvgIpc) is 2.35. The molecular formula is C10H9FN2O4S. The van der Waals surface area contributed by atoms with E-state index in [0.717, 1.165) is 6.07 Å². The highest BCUT2D eigenvalue weighted by molar-refractivity contribution is 7.80. The maximum atomic E-state index is 13.7. The van der Waals surface area contributed by atoms with Crippen LogP contribution in [0.25, 0.3) is 0 Å². The summed E-state index contributed by atoms with van der Waals surface area (Å²) in [5.41, 5.74) is -0.365. The first-order chi connectivity index (χ1) is 8.41. The van der Waals surface area contributed by atoms with Crippen molar-refractivity contribution in [3.63, 3.8) is 0 Å². The van der Waals surface area contributed by atoms with E-state index in [1.807, 2.05) is 0 Å². The molecule has 0 aliphatic carbocycles. The van der Waals surface area contributed by atoms with E-state index in [0.29, 0.717) is 0 Å². The number of benzene rings is 1. The number of carboxylic acids is 1. The standard InChI is InChI=1S/C10H9FN2O4S/c11-12(9(18)4-5-10(14)15)7-2-1-3-8(6-7)13(16)17/h1-3,6H,4-5H2,(H,14,15). The van der Waals surface area contributed by atoms with Gasteiger partial charge in [-0.25, -0.2) is 0 Å². The van der Waals surface area contributed by atoms with Crippen molar-refractivity contribution in [2.24, 2.45) is 0 Å². The number of hydrogen-bond donors (Lipinski definition) is 1. The van der Waals surface area contributed by atoms with Crippen LogP contribution in [0.5, 0.6) is 0 Å². The van der Waals surface area contributed by atoms with Gasteiger partial charge in [0, 0.05) is 18.6 Å². The number of carboxylic acid groups (broad SMARTS) is 1. The number of carbonyl (C=O) groups is 1. The number of hydrogen-bond acceptors (Lipinski definition) is 4. The number of anilines is 1. The van der Waals surface area contributed by atoms with Gasteiger partial charge in [-0.05, 0) is 6.07 Å². The highest BCUT2D eigenvalue weighted by atomic mass is 32.1. The molecule has 0 aliphatic heterocycles. The second-order valence-corrected chi connectivity index (χ2v) is 3.82. The lowest BCUT2D eigenvalue weighted by Crippen LogP contribution is -2.20. The van der Waals surface area contributed by atoms with Crippen molar-refractivity contribution in [1.82, 2.24) is 0 Å². The van der Waals surface area contributed by atoms with Gasteiger partial charge in [0.25, 0.3) is 5.69 Å². The molecule has 0 aliphatic rings. The third-order valence-corrected chi connectivity index (χ3v) is 2.40. The molecule has 0 saturated heterocycles. The summed E-state index contributed by atoms with van der Waals surface area (Å²) in [5.74, 6) is -1.09. The molecule has 0 spiro atoms. The summed E-state index contributed by atoms with van der Waals surface area (Å²) in [6.45, 7) is 0. The van der Waals surface area contributed by atoms with Gasteiger partial charge in [-0.1, -0.05) is 22.8 Å². The Labute approximate surface area is 107 Å². The van der Waals surface area contributed by atoms with E-state index in [-0.39, 0.29) is 34.3 Å². The molecule has 1 aromatic rings. The minimum absolute atomic E-state index is 0.0747. The molecule has 0 aromatic heterocycles. The van der Waals surface area contributed by atoms with Gasteiger partial charge in [-0.2, -0.15) is 5.12 Å². The van der Waals surface area contributed by atoms with Crippen LogP contribution in [0.3, 0.4) is 0 Å². The van der Waals surface area contributed by atoms with Crippen LogP contribution in [0.15, 0.2) is 24.3 Å². The number of aliphatic carboxylic acids is 1. The van der Waals surface area contributed by atoms with Crippen LogP contribution >= 0.6 is 12.2 Å². The largest absolute Gasteiger partial charge is 0.481 e. The van der Waals surface area contributed by atoms with Crippen LogP contribution in [0.4, 0.5) is 15.9 Å². The fourth-order valence-electron chi connectivity index (χ4n) is 1.18. The van der Waals surface area contributed by atoms with Crippen molar-refractivity contribution in [3.8, 4) is 0 Å². The summed E-state index contributed by atoms with van der Waals surface area (Å²) >= 11 is 4.70. The quantitative estimate of drug-likeness (QED) is 0.383. The van der Waals surface area contributed by atoms with Crippen LogP contribution in [0.2, 0.25) is 0 Å². The molecule has 0 saturated carbocycles. The minimum atomic E-state index is -1.09. The SMILES string of the molecule is O=C(O)CCC(=S)N(F)c1cccc([N+](=O)[O-])c1. The van der Waals surface area contributed by atoms with E-state index in [2.05, 4.69) is 0 Å². The average molecular weight is 272 g/mol. The molecule has 1 aromatic carbocycles. The van der Waals surface area contributed by atoms with Crippen molar-refractivity contribution in [2.45, 2.75) is 12.8 Å². The normalized spacial score (nSPS) is 9.83. The molecule has 1 rings (SSSR count). The zero-order valence-corrected chi connectivity index (χ0v) is 9.89. The molecule has 0 unspecified atom stereocenters. The summed E-state index contributed by atoms with van der Waals surface area (Å²) in [7, 11) is 0. The zero-order chi connectivity index (χ0) is 13.7. The summed E-state index contributed by atoms with van der Waals surface area (Å²) < 4.78 is 13.7. The molecule has 0 amide bonds. The van der Waals surface area contributed by atoms with E-state index >= 15 is 0 Å². The van der Waals surface area contributed by atoms with Gasteiger partial charge in [0.2, 0.25) is 0 Å². The maximum Gasteiger partial charge on any atom is 0.303 e. The topological polar surface area (TPSA) is 83.7 Å². The number of nitro groups is 1. The molecule has 0 bridgehead atoms. The Morgan fingerprint density at radius 1 is 1.50 bits per heavy atom. The number of thiocarbonyl (C=S) groups is 1. The molecule has 1 N–H and O–H groups in total. The number of nitro benzene ring substituents is 1. The highest BCUT2D eigenvalue weighted by Crippen LogP contribution is 2.22. The molecule has 6 nitrogen and oxygen atoms in total. The third kappa shape index (κ3) is 3.74. The predicted molar refractivity (Wildman–Crippen MR) is 66.2 cm³/mol. The van der Waals surface area contributed by atoms with Crippen molar-refractivity contribution >= 4 is 34.6 Å². The number of nitrogens with zero attached hydrogens (tertiary/aromatic N) is 2. The first kappa shape index (κ1) is 14.0. The van der Waals surface area contributed by atoms with Crippen LogP contribution in [-0.4, -0.2) is 21.0 Å². The first-order valence-electron chi connectivity index (χ1n) is 4.87. The van der Waals surface area contributed by atoms with E-state index in [9.17, 15) is 19.4 Å². The molecule has 18 heavy (non-hydrogen) atoms. The molecular weight excluding hydrogens is 263 g/mol. The van der Waals surface area contributed by atoms with Crippen molar-refractivity contribution in [1.29, 1.82) is 0 Å². The number of rotatable bonds is 5. The van der Waals surface area contributed by atoms with Gasteiger partial charge in [0.05, 0.1) is 17.0 Å². The summed E-state index contributed by atoms with van der Waals surface area (Å²) in [4.78, 5) is 19.9. The number of halogens is 1. The summed E-state index contributed by atoms with van der Waals surface area (Å²) in [6.07, 6.45) is -0.446. The number of non-ortho nitro benzene ring substituents is 1. The second kappa shape index (κ2) is 6.01. The molecule has 96 valence electrons. The third-order valence-electron chi connectivity index (χ3n) is 2.04. The van der Waals surface area contributed by atoms with Crippen LogP contribution in [-0.2, 0) is 4.79 Å². The van der Waals surface area contributed by atoms with Gasteiger partial charge in [-0.3, -0.25) is 14.9 Å². The van der Waals surface area contributed by atoms with E-state index in [4.69, 9.17) is 17.3 Å². The fourth-order valence-corrected chi connectivity index (χ4v) is 1.39. The Morgan fingerprint density at radius 2 is 2.17 bits per heavy atom. The minimum Gasteiger partial charge on any atom is -0.481 e. The molecule has 0 radical (unpaired) electrons. The Balaban J connectivity index is 2.80. The zero-order valence-electron chi connectivity index (χ0n) is 9.08. The van der Waals surface area contributed by atoms with Gasteiger partial charge in [0.1, 0.15) is 4.99 Å². The second-order valence-electron chi connectivity index (χ2n) is 3.35. The van der Waals surface area contributed by atoms with Crippen molar-refractivity contribution in [2.75, 3.05) is 5.12 Å². The van der Waals surface area contributed by atoms with Crippen LogP contribution in [0, 0.1) is 10.1 Å². The summed E-state index contributed by atoms with van der Waals surface area (Å²) in [6, 6.07) is 4.87. The molecule has 8 heteroatoms. The lowest BCUT2D eigenvalue weighted by molar-refractivity contribution is -0.384.